The normalized spacial score (nSPS) is 17.3. The molecule has 1 atom stereocenters. The summed E-state index contributed by atoms with van der Waals surface area (Å²) < 4.78 is 49.0. The molecule has 6 nitrogen and oxygen atoms in total. The van der Waals surface area contributed by atoms with Crippen LogP contribution in [0.5, 0.6) is 0 Å². The molecule has 1 fully saturated rings. The first-order chi connectivity index (χ1) is 14.3. The summed E-state index contributed by atoms with van der Waals surface area (Å²) in [4.78, 5) is 10.9. The highest BCUT2D eigenvalue weighted by atomic mass is 32.2. The van der Waals surface area contributed by atoms with Crippen LogP contribution in [0, 0.1) is 5.92 Å². The number of nitrogens with one attached hydrogen (secondary N) is 2. The van der Waals surface area contributed by atoms with Gasteiger partial charge in [-0.3, -0.25) is 4.72 Å². The van der Waals surface area contributed by atoms with Crippen molar-refractivity contribution in [3.05, 3.63) is 35.5 Å². The van der Waals surface area contributed by atoms with Crippen molar-refractivity contribution in [3.63, 3.8) is 0 Å². The first-order valence-corrected chi connectivity index (χ1v) is 10.5. The van der Waals surface area contributed by atoms with Crippen molar-refractivity contribution in [3.8, 4) is 0 Å². The van der Waals surface area contributed by atoms with Gasteiger partial charge in [-0.15, -0.1) is 0 Å². The van der Waals surface area contributed by atoms with Gasteiger partial charge in [0.15, 0.2) is 0 Å². The van der Waals surface area contributed by atoms with E-state index in [2.05, 4.69) is 20.0 Å². The number of hydrogen-bond acceptors (Lipinski definition) is 7. The molecule has 2 heterocycles. The van der Waals surface area contributed by atoms with Crippen LogP contribution in [-0.2, 0) is 17.5 Å². The van der Waals surface area contributed by atoms with Gasteiger partial charge >= 0.3 is 6.18 Å². The second kappa shape index (κ2) is 9.84. The highest BCUT2D eigenvalue weighted by Gasteiger charge is 2.37. The molecule has 0 saturated carbocycles. The predicted molar refractivity (Wildman–Crippen MR) is 113 cm³/mol. The first kappa shape index (κ1) is 22.6. The van der Waals surface area contributed by atoms with Gasteiger partial charge in [-0.1, -0.05) is 6.92 Å². The molecule has 1 aromatic carbocycles. The molecular weight excluding hydrogens is 415 g/mol. The Morgan fingerprint density at radius 1 is 1.33 bits per heavy atom. The Balaban J connectivity index is 1.94. The average molecular weight is 442 g/mol. The Hall–Kier alpha value is -2.04. The van der Waals surface area contributed by atoms with Crippen LogP contribution < -0.4 is 14.9 Å². The van der Waals surface area contributed by atoms with Crippen LogP contribution in [0.25, 0.3) is 0 Å². The van der Waals surface area contributed by atoms with E-state index in [-0.39, 0.29) is 11.8 Å². The van der Waals surface area contributed by atoms with Crippen LogP contribution >= 0.6 is 11.9 Å². The topological polar surface area (TPSA) is 62.3 Å². The fourth-order valence-electron chi connectivity index (χ4n) is 3.52. The fourth-order valence-corrected chi connectivity index (χ4v) is 4.10. The monoisotopic (exact) mass is 441 g/mol. The number of alkyl halides is 3. The van der Waals surface area contributed by atoms with Crippen LogP contribution in [-0.4, -0.2) is 37.2 Å². The van der Waals surface area contributed by atoms with Gasteiger partial charge in [0.05, 0.1) is 6.61 Å². The van der Waals surface area contributed by atoms with Gasteiger partial charge in [0, 0.05) is 42.5 Å². The quantitative estimate of drug-likeness (QED) is 0.596. The van der Waals surface area contributed by atoms with Gasteiger partial charge in [0.25, 0.3) is 0 Å². The number of benzene rings is 1. The Morgan fingerprint density at radius 2 is 2.13 bits per heavy atom. The molecule has 1 saturated heterocycles. The molecule has 10 heteroatoms. The lowest BCUT2D eigenvalue weighted by atomic mass is 10.00. The zero-order valence-electron chi connectivity index (χ0n) is 17.2. The standard InChI is InChI=1S/C20H26F3N5OS/c1-13-5-4-8-28(11-13)18-16(20(21,22)23)10-25-19(27-18)26-17-7-6-15(30-24-2)9-14(17)12-29-3/h6-7,9-10,13,24H,4-5,8,11-12H2,1-3H3,(H,25,26,27). The number of halogens is 3. The van der Waals surface area contributed by atoms with E-state index in [9.17, 15) is 13.2 Å². The van der Waals surface area contributed by atoms with E-state index in [0.717, 1.165) is 29.5 Å². The molecule has 2 N–H and O–H groups in total. The van der Waals surface area contributed by atoms with Crippen LogP contribution in [0.15, 0.2) is 29.3 Å². The van der Waals surface area contributed by atoms with E-state index in [1.807, 2.05) is 32.2 Å². The summed E-state index contributed by atoms with van der Waals surface area (Å²) in [5.41, 5.74) is 0.740. The number of aromatic nitrogens is 2. The molecular formula is C20H26F3N5OS. The molecule has 30 heavy (non-hydrogen) atoms. The molecule has 1 aromatic heterocycles. The molecule has 0 aliphatic carbocycles. The molecule has 1 aliphatic heterocycles. The van der Waals surface area contributed by atoms with Crippen LogP contribution in [0.4, 0.5) is 30.6 Å². The van der Waals surface area contributed by atoms with Crippen LogP contribution in [0.2, 0.25) is 0 Å². The SMILES string of the molecule is CNSc1ccc(Nc2ncc(C(F)(F)F)c(N3CCCC(C)C3)n2)c(COC)c1. The number of rotatable bonds is 7. The van der Waals surface area contributed by atoms with E-state index in [0.29, 0.717) is 31.3 Å². The predicted octanol–water partition coefficient (Wildman–Crippen LogP) is 4.85. The van der Waals surface area contributed by atoms with Gasteiger partial charge in [-0.25, -0.2) is 4.98 Å². The number of piperidine rings is 1. The van der Waals surface area contributed by atoms with Crippen molar-refractivity contribution < 1.29 is 17.9 Å². The van der Waals surface area contributed by atoms with Gasteiger partial charge < -0.3 is 15.0 Å². The van der Waals surface area contributed by atoms with E-state index >= 15 is 0 Å². The van der Waals surface area contributed by atoms with Crippen LogP contribution in [0.3, 0.4) is 0 Å². The number of ether oxygens (including phenoxy) is 1. The van der Waals surface area contributed by atoms with Gasteiger partial charge in [-0.05, 0) is 56.0 Å². The van der Waals surface area contributed by atoms with Crippen molar-refractivity contribution in [1.82, 2.24) is 14.7 Å². The third kappa shape index (κ3) is 5.55. The van der Waals surface area contributed by atoms with Gasteiger partial charge in [0.1, 0.15) is 11.4 Å². The Bertz CT molecular complexity index is 865. The van der Waals surface area contributed by atoms with E-state index in [4.69, 9.17) is 4.74 Å². The summed E-state index contributed by atoms with van der Waals surface area (Å²) in [6.07, 6.45) is -1.80. The summed E-state index contributed by atoms with van der Waals surface area (Å²) in [6, 6.07) is 5.70. The fraction of sp³-hybridized carbons (Fsp3) is 0.500. The average Bonchev–Trinajstić information content (AvgIpc) is 2.69. The zero-order valence-corrected chi connectivity index (χ0v) is 18.0. The molecule has 1 unspecified atom stereocenters. The minimum Gasteiger partial charge on any atom is -0.380 e. The lowest BCUT2D eigenvalue weighted by Crippen LogP contribution is -2.36. The first-order valence-electron chi connectivity index (χ1n) is 9.73. The summed E-state index contributed by atoms with van der Waals surface area (Å²) >= 11 is 1.46. The smallest absolute Gasteiger partial charge is 0.380 e. The molecule has 1 aliphatic rings. The van der Waals surface area contributed by atoms with Crippen molar-refractivity contribution in [2.45, 2.75) is 37.4 Å². The van der Waals surface area contributed by atoms with Crippen molar-refractivity contribution in [2.75, 3.05) is 37.5 Å². The Labute approximate surface area is 178 Å². The van der Waals surface area contributed by atoms with Crippen molar-refractivity contribution in [2.24, 2.45) is 5.92 Å². The van der Waals surface area contributed by atoms with Gasteiger partial charge in [0.2, 0.25) is 5.95 Å². The maximum atomic E-state index is 13.6. The lowest BCUT2D eigenvalue weighted by molar-refractivity contribution is -0.137. The molecule has 164 valence electrons. The molecule has 0 bridgehead atoms. The zero-order chi connectivity index (χ0) is 21.7. The number of hydrogen-bond donors (Lipinski definition) is 2. The summed E-state index contributed by atoms with van der Waals surface area (Å²) in [6.45, 7) is 3.48. The third-order valence-electron chi connectivity index (χ3n) is 4.87. The van der Waals surface area contributed by atoms with E-state index in [1.54, 1.807) is 12.0 Å². The maximum Gasteiger partial charge on any atom is 0.421 e. The third-order valence-corrected chi connectivity index (χ3v) is 5.57. The second-order valence-corrected chi connectivity index (χ2v) is 8.39. The van der Waals surface area contributed by atoms with E-state index in [1.165, 1.54) is 11.9 Å². The van der Waals surface area contributed by atoms with Crippen LogP contribution in [0.1, 0.15) is 30.9 Å². The largest absolute Gasteiger partial charge is 0.421 e. The summed E-state index contributed by atoms with van der Waals surface area (Å²) in [5.74, 6) is 0.376. The summed E-state index contributed by atoms with van der Waals surface area (Å²) in [5, 5.41) is 3.07. The Kier molecular flexibility index (Phi) is 7.43. The number of anilines is 3. The van der Waals surface area contributed by atoms with Crippen molar-refractivity contribution in [1.29, 1.82) is 0 Å². The number of nitrogens with zero attached hydrogens (tertiary/aromatic N) is 3. The maximum absolute atomic E-state index is 13.6. The molecule has 0 spiro atoms. The highest BCUT2D eigenvalue weighted by molar-refractivity contribution is 7.97. The second-order valence-electron chi connectivity index (χ2n) is 7.31. The number of methoxy groups -OCH3 is 1. The minimum atomic E-state index is -4.51. The molecule has 0 radical (unpaired) electrons. The summed E-state index contributed by atoms with van der Waals surface area (Å²) in [7, 11) is 3.41. The lowest BCUT2D eigenvalue weighted by Gasteiger charge is -2.33. The van der Waals surface area contributed by atoms with Crippen molar-refractivity contribution >= 4 is 29.4 Å². The molecule has 0 amide bonds. The van der Waals surface area contributed by atoms with E-state index < -0.39 is 11.7 Å². The highest BCUT2D eigenvalue weighted by Crippen LogP contribution is 2.37. The Morgan fingerprint density at radius 3 is 2.80 bits per heavy atom. The van der Waals surface area contributed by atoms with Gasteiger partial charge in [-0.2, -0.15) is 18.2 Å². The molecule has 3 rings (SSSR count). The minimum absolute atomic E-state index is 0.0674. The molecule has 2 aromatic rings.